The van der Waals surface area contributed by atoms with Gasteiger partial charge in [-0.05, 0) is 31.0 Å². The third kappa shape index (κ3) is 4.56. The zero-order valence-electron chi connectivity index (χ0n) is 25.6. The van der Waals surface area contributed by atoms with Crippen molar-refractivity contribution < 1.29 is 38.1 Å². The Morgan fingerprint density at radius 3 is 2.47 bits per heavy atom. The Balaban J connectivity index is 1.43. The van der Waals surface area contributed by atoms with Crippen molar-refractivity contribution >= 4 is 29.1 Å². The number of hydrogen-bond donors (Lipinski definition) is 1. The molecular weight excluding hydrogens is 602 g/mol. The number of halogens is 1. The summed E-state index contributed by atoms with van der Waals surface area (Å²) in [4.78, 5) is 46.7. The number of esters is 1. The minimum absolute atomic E-state index is 0.0246. The number of hydrogen-bond acceptors (Lipinski definition) is 10. The largest absolute Gasteiger partial charge is 0.496 e. The topological polar surface area (TPSA) is 127 Å². The SMILES string of the molecule is COC(=O)C1=C(C)NC2=C(C(=O)[C@@]3(Oc4c(Cl)c(OC)cc(OC)c4C3=O)[C@H](C)C2)[C@@H]1c1ccc(OCc2nccn2C)cc1. The standard InChI is InChI=1S/C33H32ClN3O8/c1-16-13-20-26(30(38)33(16)31(39)27-21(41-4)14-22(42-5)28(34)29(27)45-33)25(24(17(2)36-20)32(40)43-6)18-7-9-19(10-8-18)44-15-23-35-11-12-37(23)3/h7-12,14,16,25,36H,13,15H2,1-6H3/t16-,25-,33+/m1/s1. The third-order valence-electron chi connectivity index (χ3n) is 8.76. The number of nitrogens with zero attached hydrogens (tertiary/aromatic N) is 2. The zero-order chi connectivity index (χ0) is 32.2. The van der Waals surface area contributed by atoms with Crippen LogP contribution in [0, 0.1) is 5.92 Å². The van der Waals surface area contributed by atoms with Crippen molar-refractivity contribution in [3.63, 3.8) is 0 Å². The summed E-state index contributed by atoms with van der Waals surface area (Å²) in [5, 5.41) is 3.32. The van der Waals surface area contributed by atoms with Gasteiger partial charge in [0.15, 0.2) is 5.75 Å². The molecule has 0 radical (unpaired) electrons. The summed E-state index contributed by atoms with van der Waals surface area (Å²) in [6.45, 7) is 3.80. The summed E-state index contributed by atoms with van der Waals surface area (Å²) in [6.07, 6.45) is 3.81. The van der Waals surface area contributed by atoms with Gasteiger partial charge >= 0.3 is 5.97 Å². The van der Waals surface area contributed by atoms with Gasteiger partial charge in [-0.3, -0.25) is 9.59 Å². The summed E-state index contributed by atoms with van der Waals surface area (Å²) in [7, 11) is 6.01. The lowest BCUT2D eigenvalue weighted by Crippen LogP contribution is -2.58. The van der Waals surface area contributed by atoms with Gasteiger partial charge in [-0.25, -0.2) is 9.78 Å². The number of rotatable bonds is 7. The first-order valence-corrected chi connectivity index (χ1v) is 14.7. The molecule has 12 heteroatoms. The molecule has 1 N–H and O–H groups in total. The molecule has 0 bridgehead atoms. The molecule has 0 unspecified atom stereocenters. The van der Waals surface area contributed by atoms with Crippen LogP contribution < -0.4 is 24.3 Å². The van der Waals surface area contributed by atoms with Crippen LogP contribution in [0.2, 0.25) is 5.02 Å². The Morgan fingerprint density at radius 2 is 1.84 bits per heavy atom. The summed E-state index contributed by atoms with van der Waals surface area (Å²) < 4.78 is 30.2. The lowest BCUT2D eigenvalue weighted by atomic mass is 9.65. The predicted molar refractivity (Wildman–Crippen MR) is 163 cm³/mol. The van der Waals surface area contributed by atoms with E-state index in [0.29, 0.717) is 22.7 Å². The van der Waals surface area contributed by atoms with Crippen LogP contribution in [0.25, 0.3) is 0 Å². The smallest absolute Gasteiger partial charge is 0.336 e. The number of aromatic nitrogens is 2. The summed E-state index contributed by atoms with van der Waals surface area (Å²) in [6, 6.07) is 8.60. The van der Waals surface area contributed by atoms with Crippen molar-refractivity contribution in [2.24, 2.45) is 13.0 Å². The number of allylic oxidation sites excluding steroid dienone is 2. The maximum Gasteiger partial charge on any atom is 0.336 e. The summed E-state index contributed by atoms with van der Waals surface area (Å²) in [5.41, 5.74) is 0.398. The Bertz CT molecular complexity index is 1810. The number of nitrogens with one attached hydrogen (secondary N) is 1. The van der Waals surface area contributed by atoms with Crippen molar-refractivity contribution in [3.8, 4) is 23.0 Å². The van der Waals surface area contributed by atoms with E-state index in [-0.39, 0.29) is 52.0 Å². The maximum atomic E-state index is 14.9. The van der Waals surface area contributed by atoms with E-state index >= 15 is 0 Å². The van der Waals surface area contributed by atoms with E-state index in [4.69, 9.17) is 35.3 Å². The third-order valence-corrected chi connectivity index (χ3v) is 9.12. The fraction of sp³-hybridized carbons (Fsp3) is 0.333. The highest BCUT2D eigenvalue weighted by molar-refractivity contribution is 6.36. The van der Waals surface area contributed by atoms with Crippen LogP contribution in [0.5, 0.6) is 23.0 Å². The van der Waals surface area contributed by atoms with Crippen LogP contribution in [0.15, 0.2) is 65.3 Å². The van der Waals surface area contributed by atoms with Gasteiger partial charge in [0, 0.05) is 54.3 Å². The summed E-state index contributed by atoms with van der Waals surface area (Å²) >= 11 is 6.61. The fourth-order valence-electron chi connectivity index (χ4n) is 6.43. The molecule has 0 amide bonds. The second-order valence-corrected chi connectivity index (χ2v) is 11.6. The van der Waals surface area contributed by atoms with Gasteiger partial charge in [0.1, 0.15) is 40.3 Å². The molecule has 11 nitrogen and oxygen atoms in total. The average molecular weight is 634 g/mol. The van der Waals surface area contributed by atoms with Crippen LogP contribution in [0.1, 0.15) is 47.9 Å². The molecular formula is C33H32ClN3O8. The van der Waals surface area contributed by atoms with E-state index < -0.39 is 35.0 Å². The monoisotopic (exact) mass is 633 g/mol. The molecule has 0 saturated carbocycles. The highest BCUT2D eigenvalue weighted by Gasteiger charge is 2.63. The minimum atomic E-state index is -1.94. The van der Waals surface area contributed by atoms with E-state index in [2.05, 4.69) is 10.3 Å². The molecule has 234 valence electrons. The molecule has 2 aromatic carbocycles. The number of Topliss-reactive ketones (excluding diaryl/α,β-unsaturated/α-hetero) is 2. The number of carbonyl (C=O) groups is 3. The number of aryl methyl sites for hydroxylation is 1. The van der Waals surface area contributed by atoms with Crippen LogP contribution in [0.4, 0.5) is 0 Å². The predicted octanol–water partition coefficient (Wildman–Crippen LogP) is 4.68. The lowest BCUT2D eigenvalue weighted by Gasteiger charge is -2.42. The van der Waals surface area contributed by atoms with Gasteiger partial charge in [-0.15, -0.1) is 0 Å². The Labute approximate surface area is 264 Å². The van der Waals surface area contributed by atoms with Crippen molar-refractivity contribution in [3.05, 3.63) is 87.2 Å². The number of imidazole rings is 1. The second kappa shape index (κ2) is 11.3. The number of fused-ring (bicyclic) bond motifs is 1. The van der Waals surface area contributed by atoms with E-state index in [1.807, 2.05) is 17.8 Å². The van der Waals surface area contributed by atoms with E-state index in [1.165, 1.54) is 27.4 Å². The first-order valence-electron chi connectivity index (χ1n) is 14.3. The number of benzene rings is 2. The normalized spacial score (nSPS) is 22.1. The summed E-state index contributed by atoms with van der Waals surface area (Å²) in [5.74, 6) is -1.44. The second-order valence-electron chi connectivity index (χ2n) is 11.2. The van der Waals surface area contributed by atoms with Crippen LogP contribution >= 0.6 is 11.6 Å². The number of dihydropyridines is 1. The number of carbonyl (C=O) groups excluding carboxylic acids is 3. The first-order chi connectivity index (χ1) is 21.6. The molecule has 3 aromatic rings. The van der Waals surface area contributed by atoms with Gasteiger partial charge in [0.25, 0.3) is 0 Å². The molecule has 6 rings (SSSR count). The van der Waals surface area contributed by atoms with Crippen LogP contribution in [-0.2, 0) is 28.0 Å². The quantitative estimate of drug-likeness (QED) is 0.289. The molecule has 2 aliphatic heterocycles. The van der Waals surface area contributed by atoms with E-state index in [1.54, 1.807) is 44.3 Å². The van der Waals surface area contributed by atoms with Crippen molar-refractivity contribution in [1.29, 1.82) is 0 Å². The van der Waals surface area contributed by atoms with Gasteiger partial charge in [0.2, 0.25) is 17.2 Å². The number of ether oxygens (including phenoxy) is 5. The van der Waals surface area contributed by atoms with Gasteiger partial charge < -0.3 is 33.6 Å². The van der Waals surface area contributed by atoms with Crippen LogP contribution in [-0.4, -0.2) is 54.0 Å². The highest BCUT2D eigenvalue weighted by Crippen LogP contribution is 2.56. The lowest BCUT2D eigenvalue weighted by molar-refractivity contribution is -0.136. The Kier molecular flexibility index (Phi) is 7.60. The molecule has 0 fully saturated rings. The first kappa shape index (κ1) is 30.3. The number of ketones is 2. The molecule has 0 saturated heterocycles. The molecule has 3 heterocycles. The average Bonchev–Trinajstić information content (AvgIpc) is 3.59. The van der Waals surface area contributed by atoms with Gasteiger partial charge in [-0.1, -0.05) is 30.7 Å². The highest BCUT2D eigenvalue weighted by atomic mass is 35.5. The van der Waals surface area contributed by atoms with Crippen molar-refractivity contribution in [2.45, 2.75) is 38.4 Å². The maximum absolute atomic E-state index is 14.9. The zero-order valence-corrected chi connectivity index (χ0v) is 26.4. The van der Waals surface area contributed by atoms with Crippen LogP contribution in [0.3, 0.4) is 0 Å². The minimum Gasteiger partial charge on any atom is -0.496 e. The van der Waals surface area contributed by atoms with E-state index in [0.717, 1.165) is 5.82 Å². The molecule has 3 atom stereocenters. The Morgan fingerprint density at radius 1 is 1.13 bits per heavy atom. The molecule has 45 heavy (non-hydrogen) atoms. The molecule has 1 aliphatic carbocycles. The Hall–Kier alpha value is -4.77. The van der Waals surface area contributed by atoms with Gasteiger partial charge in [0.05, 0.1) is 26.9 Å². The van der Waals surface area contributed by atoms with Crippen molar-refractivity contribution in [2.75, 3.05) is 21.3 Å². The van der Waals surface area contributed by atoms with E-state index in [9.17, 15) is 14.4 Å². The molecule has 1 aromatic heterocycles. The molecule has 3 aliphatic rings. The number of methoxy groups -OCH3 is 3. The molecule has 1 spiro atoms. The van der Waals surface area contributed by atoms with Crippen molar-refractivity contribution in [1.82, 2.24) is 14.9 Å². The van der Waals surface area contributed by atoms with Gasteiger partial charge in [-0.2, -0.15) is 0 Å². The fourth-order valence-corrected chi connectivity index (χ4v) is 6.69.